The maximum absolute atomic E-state index is 12.3. The van der Waals surface area contributed by atoms with Gasteiger partial charge in [0.25, 0.3) is 0 Å². The Morgan fingerprint density at radius 2 is 2.15 bits per heavy atom. The monoisotopic (exact) mass is 274 g/mol. The van der Waals surface area contributed by atoms with Gasteiger partial charge in [0.05, 0.1) is 5.54 Å². The molecule has 0 aliphatic carbocycles. The van der Waals surface area contributed by atoms with Crippen molar-refractivity contribution in [3.05, 3.63) is 35.9 Å². The van der Waals surface area contributed by atoms with Crippen LogP contribution in [0.5, 0.6) is 0 Å². The molecule has 1 aliphatic rings. The largest absolute Gasteiger partial charge is 0.354 e. The number of carbonyl (C=O) groups is 1. The van der Waals surface area contributed by atoms with Gasteiger partial charge in [0.1, 0.15) is 0 Å². The minimum Gasteiger partial charge on any atom is -0.354 e. The van der Waals surface area contributed by atoms with Crippen LogP contribution < -0.4 is 10.6 Å². The van der Waals surface area contributed by atoms with E-state index < -0.39 is 0 Å². The molecule has 1 aromatic rings. The van der Waals surface area contributed by atoms with Crippen LogP contribution in [0.25, 0.3) is 0 Å². The summed E-state index contributed by atoms with van der Waals surface area (Å²) in [5.74, 6) is 0.656. The summed E-state index contributed by atoms with van der Waals surface area (Å²) >= 11 is 0. The van der Waals surface area contributed by atoms with Crippen LogP contribution in [0, 0.1) is 0 Å². The molecule has 0 bridgehead atoms. The van der Waals surface area contributed by atoms with Gasteiger partial charge in [0, 0.05) is 6.54 Å². The Labute approximate surface area is 122 Å². The smallest absolute Gasteiger partial charge is 0.240 e. The van der Waals surface area contributed by atoms with Gasteiger partial charge in [-0.3, -0.25) is 4.79 Å². The topological polar surface area (TPSA) is 41.1 Å². The van der Waals surface area contributed by atoms with Crippen molar-refractivity contribution < 1.29 is 4.79 Å². The Hall–Kier alpha value is -1.35. The first kappa shape index (κ1) is 15.0. The van der Waals surface area contributed by atoms with Crippen molar-refractivity contribution in [1.82, 2.24) is 10.6 Å². The summed E-state index contributed by atoms with van der Waals surface area (Å²) in [6.07, 6.45) is 3.91. The zero-order valence-electron chi connectivity index (χ0n) is 12.6. The zero-order valence-corrected chi connectivity index (χ0v) is 12.6. The van der Waals surface area contributed by atoms with E-state index in [1.165, 1.54) is 5.56 Å². The van der Waals surface area contributed by atoms with Crippen molar-refractivity contribution in [2.75, 3.05) is 13.1 Å². The quantitative estimate of drug-likeness (QED) is 0.837. The third-order valence-corrected chi connectivity index (χ3v) is 4.51. The van der Waals surface area contributed by atoms with Gasteiger partial charge in [-0.15, -0.1) is 0 Å². The van der Waals surface area contributed by atoms with Crippen LogP contribution in [0.2, 0.25) is 0 Å². The molecule has 1 aromatic carbocycles. The zero-order chi connectivity index (χ0) is 14.4. The standard InChI is InChI=1S/C17H26N2O/c1-3-17(11-7-12-19-17)16(20)18-13-10-14(2)15-8-5-4-6-9-15/h4-6,8-9,14,19H,3,7,10-13H2,1-2H3,(H,18,20). The predicted molar refractivity (Wildman–Crippen MR) is 82.7 cm³/mol. The molecular formula is C17H26N2O. The molecule has 0 spiro atoms. The number of nitrogens with one attached hydrogen (secondary N) is 2. The van der Waals surface area contributed by atoms with Gasteiger partial charge in [0.2, 0.25) is 5.91 Å². The summed E-state index contributed by atoms with van der Waals surface area (Å²) in [6.45, 7) is 6.01. The van der Waals surface area contributed by atoms with Crippen molar-refractivity contribution in [2.24, 2.45) is 0 Å². The van der Waals surface area contributed by atoms with Gasteiger partial charge in [-0.05, 0) is 43.7 Å². The summed E-state index contributed by atoms with van der Waals surface area (Å²) in [5.41, 5.74) is 1.03. The molecule has 2 atom stereocenters. The molecule has 1 heterocycles. The van der Waals surface area contributed by atoms with Crippen molar-refractivity contribution in [3.8, 4) is 0 Å². The molecule has 2 rings (SSSR count). The van der Waals surface area contributed by atoms with E-state index in [-0.39, 0.29) is 11.4 Å². The lowest BCUT2D eigenvalue weighted by atomic mass is 9.92. The van der Waals surface area contributed by atoms with Gasteiger partial charge >= 0.3 is 0 Å². The maximum Gasteiger partial charge on any atom is 0.240 e. The van der Waals surface area contributed by atoms with Crippen LogP contribution in [0.1, 0.15) is 51.0 Å². The van der Waals surface area contributed by atoms with E-state index in [1.807, 2.05) is 6.07 Å². The Bertz CT molecular complexity index is 424. The van der Waals surface area contributed by atoms with E-state index in [4.69, 9.17) is 0 Å². The van der Waals surface area contributed by atoms with Gasteiger partial charge in [-0.2, -0.15) is 0 Å². The number of hydrogen-bond acceptors (Lipinski definition) is 2. The van der Waals surface area contributed by atoms with Crippen LogP contribution in [0.15, 0.2) is 30.3 Å². The molecule has 1 saturated heterocycles. The number of benzene rings is 1. The van der Waals surface area contributed by atoms with E-state index in [9.17, 15) is 4.79 Å². The molecule has 3 heteroatoms. The van der Waals surface area contributed by atoms with E-state index in [0.29, 0.717) is 5.92 Å². The van der Waals surface area contributed by atoms with Crippen LogP contribution in [0.4, 0.5) is 0 Å². The lowest BCUT2D eigenvalue weighted by molar-refractivity contribution is -0.127. The highest BCUT2D eigenvalue weighted by molar-refractivity contribution is 5.86. The minimum absolute atomic E-state index is 0.178. The first-order valence-electron chi connectivity index (χ1n) is 7.76. The van der Waals surface area contributed by atoms with Crippen molar-refractivity contribution in [1.29, 1.82) is 0 Å². The number of carbonyl (C=O) groups excluding carboxylic acids is 1. The van der Waals surface area contributed by atoms with Crippen molar-refractivity contribution in [2.45, 2.75) is 51.0 Å². The summed E-state index contributed by atoms with van der Waals surface area (Å²) in [6, 6.07) is 10.5. The molecule has 0 radical (unpaired) electrons. The molecule has 0 aromatic heterocycles. The number of amides is 1. The van der Waals surface area contributed by atoms with E-state index in [1.54, 1.807) is 0 Å². The van der Waals surface area contributed by atoms with Gasteiger partial charge in [-0.25, -0.2) is 0 Å². The fourth-order valence-electron chi connectivity index (χ4n) is 2.98. The molecule has 3 nitrogen and oxygen atoms in total. The lowest BCUT2D eigenvalue weighted by Gasteiger charge is -2.27. The molecular weight excluding hydrogens is 248 g/mol. The van der Waals surface area contributed by atoms with Gasteiger partial charge < -0.3 is 10.6 Å². The second-order valence-electron chi connectivity index (χ2n) is 5.82. The molecule has 110 valence electrons. The highest BCUT2D eigenvalue weighted by Crippen LogP contribution is 2.23. The molecule has 2 unspecified atom stereocenters. The number of rotatable bonds is 6. The van der Waals surface area contributed by atoms with Crippen molar-refractivity contribution in [3.63, 3.8) is 0 Å². The Kier molecular flexibility index (Phi) is 5.18. The molecule has 20 heavy (non-hydrogen) atoms. The van der Waals surface area contributed by atoms with E-state index >= 15 is 0 Å². The van der Waals surface area contributed by atoms with E-state index in [0.717, 1.165) is 38.8 Å². The summed E-state index contributed by atoms with van der Waals surface area (Å²) in [4.78, 5) is 12.3. The highest BCUT2D eigenvalue weighted by Gasteiger charge is 2.38. The fraction of sp³-hybridized carbons (Fsp3) is 0.588. The maximum atomic E-state index is 12.3. The van der Waals surface area contributed by atoms with Crippen LogP contribution in [0.3, 0.4) is 0 Å². The van der Waals surface area contributed by atoms with Gasteiger partial charge in [-0.1, -0.05) is 44.2 Å². The van der Waals surface area contributed by atoms with Crippen molar-refractivity contribution >= 4 is 5.91 Å². The first-order chi connectivity index (χ1) is 9.68. The molecule has 1 amide bonds. The molecule has 2 N–H and O–H groups in total. The fourth-order valence-corrected chi connectivity index (χ4v) is 2.98. The molecule has 1 fully saturated rings. The van der Waals surface area contributed by atoms with E-state index in [2.05, 4.69) is 48.7 Å². The first-order valence-corrected chi connectivity index (χ1v) is 7.76. The third-order valence-electron chi connectivity index (χ3n) is 4.51. The Morgan fingerprint density at radius 1 is 1.40 bits per heavy atom. The predicted octanol–water partition coefficient (Wildman–Crippen LogP) is 2.83. The average Bonchev–Trinajstić information content (AvgIpc) is 2.98. The second-order valence-corrected chi connectivity index (χ2v) is 5.82. The average molecular weight is 274 g/mol. The summed E-state index contributed by atoms with van der Waals surface area (Å²) in [7, 11) is 0. The summed E-state index contributed by atoms with van der Waals surface area (Å²) in [5, 5.41) is 6.49. The third kappa shape index (κ3) is 3.40. The Morgan fingerprint density at radius 3 is 2.75 bits per heavy atom. The molecule has 1 aliphatic heterocycles. The normalized spacial score (nSPS) is 23.5. The van der Waals surface area contributed by atoms with Gasteiger partial charge in [0.15, 0.2) is 0 Å². The summed E-state index contributed by atoms with van der Waals surface area (Å²) < 4.78 is 0. The van der Waals surface area contributed by atoms with Crippen LogP contribution in [-0.2, 0) is 4.79 Å². The minimum atomic E-state index is -0.310. The SMILES string of the molecule is CCC1(C(=O)NCCC(C)c2ccccc2)CCCN1. The van der Waals surface area contributed by atoms with Crippen LogP contribution in [-0.4, -0.2) is 24.5 Å². The lowest BCUT2D eigenvalue weighted by Crippen LogP contribution is -2.53. The van der Waals surface area contributed by atoms with Crippen LogP contribution >= 0.6 is 0 Å². The highest BCUT2D eigenvalue weighted by atomic mass is 16.2. The number of hydrogen-bond donors (Lipinski definition) is 2. The second kappa shape index (κ2) is 6.89. The molecule has 0 saturated carbocycles. The Balaban J connectivity index is 1.79.